The SMILES string of the molecule is CCOC(=O)c1cnn(-c2nc(Cl)c3cc(Oc4c(C)cccc4C)c(F)cc3n2)c1. The highest BCUT2D eigenvalue weighted by Gasteiger charge is 2.17. The molecule has 0 aliphatic carbocycles. The molecule has 0 saturated carbocycles. The second kappa shape index (κ2) is 8.31. The molecule has 0 amide bonds. The maximum Gasteiger partial charge on any atom is 0.341 e. The molecule has 9 heteroatoms. The molecule has 0 aliphatic heterocycles. The number of hydrogen-bond donors (Lipinski definition) is 0. The molecule has 0 N–H and O–H groups in total. The predicted molar refractivity (Wildman–Crippen MR) is 114 cm³/mol. The predicted octanol–water partition coefficient (Wildman–Crippen LogP) is 5.19. The first kappa shape index (κ1) is 20.7. The highest BCUT2D eigenvalue weighted by atomic mass is 35.5. The summed E-state index contributed by atoms with van der Waals surface area (Å²) in [4.78, 5) is 20.4. The lowest BCUT2D eigenvalue weighted by molar-refractivity contribution is 0.0526. The van der Waals surface area contributed by atoms with Crippen LogP contribution in [-0.2, 0) is 4.74 Å². The Balaban J connectivity index is 1.72. The van der Waals surface area contributed by atoms with E-state index in [1.54, 1.807) is 6.92 Å². The molecule has 0 fully saturated rings. The summed E-state index contributed by atoms with van der Waals surface area (Å²) in [6.07, 6.45) is 2.76. The van der Waals surface area contributed by atoms with Crippen LogP contribution in [0.1, 0.15) is 28.4 Å². The summed E-state index contributed by atoms with van der Waals surface area (Å²) >= 11 is 6.36. The Hall–Kier alpha value is -3.52. The number of aromatic nitrogens is 4. The van der Waals surface area contributed by atoms with E-state index in [0.29, 0.717) is 11.1 Å². The molecule has 4 rings (SSSR count). The molecule has 7 nitrogen and oxygen atoms in total. The molecule has 2 aromatic carbocycles. The molecule has 31 heavy (non-hydrogen) atoms. The van der Waals surface area contributed by atoms with Gasteiger partial charge in [-0.05, 0) is 38.0 Å². The normalized spacial score (nSPS) is 11.0. The first-order valence-corrected chi connectivity index (χ1v) is 9.88. The van der Waals surface area contributed by atoms with Gasteiger partial charge >= 0.3 is 5.97 Å². The van der Waals surface area contributed by atoms with Crippen molar-refractivity contribution in [2.75, 3.05) is 6.61 Å². The molecule has 4 aromatic rings. The number of esters is 1. The smallest absolute Gasteiger partial charge is 0.341 e. The molecule has 0 spiro atoms. The fourth-order valence-electron chi connectivity index (χ4n) is 3.08. The number of rotatable bonds is 5. The van der Waals surface area contributed by atoms with E-state index in [2.05, 4.69) is 15.1 Å². The van der Waals surface area contributed by atoms with E-state index in [1.807, 2.05) is 32.0 Å². The molecular formula is C22H18ClFN4O3. The third-order valence-corrected chi connectivity index (χ3v) is 4.90. The summed E-state index contributed by atoms with van der Waals surface area (Å²) in [7, 11) is 0. The summed E-state index contributed by atoms with van der Waals surface area (Å²) in [6, 6.07) is 8.38. The van der Waals surface area contributed by atoms with Crippen molar-refractivity contribution in [2.45, 2.75) is 20.8 Å². The zero-order valence-corrected chi connectivity index (χ0v) is 17.8. The minimum Gasteiger partial charge on any atom is -0.462 e. The van der Waals surface area contributed by atoms with Crippen LogP contribution in [0, 0.1) is 19.7 Å². The first-order chi connectivity index (χ1) is 14.9. The van der Waals surface area contributed by atoms with Gasteiger partial charge in [0.15, 0.2) is 11.6 Å². The van der Waals surface area contributed by atoms with E-state index in [4.69, 9.17) is 21.1 Å². The van der Waals surface area contributed by atoms with Gasteiger partial charge in [0.25, 0.3) is 5.95 Å². The minimum absolute atomic E-state index is 0.0202. The Labute approximate surface area is 182 Å². The fourth-order valence-corrected chi connectivity index (χ4v) is 3.31. The lowest BCUT2D eigenvalue weighted by atomic mass is 10.1. The minimum atomic E-state index is -0.594. The van der Waals surface area contributed by atoms with Crippen LogP contribution >= 0.6 is 11.6 Å². The van der Waals surface area contributed by atoms with Crippen molar-refractivity contribution < 1.29 is 18.7 Å². The third kappa shape index (κ3) is 4.06. The Kier molecular flexibility index (Phi) is 5.56. The van der Waals surface area contributed by atoms with Crippen LogP contribution in [0.4, 0.5) is 4.39 Å². The zero-order valence-electron chi connectivity index (χ0n) is 17.0. The van der Waals surface area contributed by atoms with Crippen molar-refractivity contribution in [1.82, 2.24) is 19.7 Å². The van der Waals surface area contributed by atoms with Crippen molar-refractivity contribution in [3.8, 4) is 17.4 Å². The van der Waals surface area contributed by atoms with Crippen molar-refractivity contribution >= 4 is 28.5 Å². The van der Waals surface area contributed by atoms with Gasteiger partial charge in [0.05, 0.1) is 23.9 Å². The molecule has 2 aromatic heterocycles. The van der Waals surface area contributed by atoms with E-state index in [1.165, 1.54) is 29.2 Å². The third-order valence-electron chi connectivity index (χ3n) is 4.61. The molecule has 158 valence electrons. The number of hydrogen-bond acceptors (Lipinski definition) is 6. The highest BCUT2D eigenvalue weighted by Crippen LogP contribution is 2.34. The largest absolute Gasteiger partial charge is 0.462 e. The summed E-state index contributed by atoms with van der Waals surface area (Å²) in [5.74, 6) is -0.413. The summed E-state index contributed by atoms with van der Waals surface area (Å²) in [6.45, 7) is 5.73. The van der Waals surface area contributed by atoms with Gasteiger partial charge in [-0.1, -0.05) is 29.8 Å². The Morgan fingerprint density at radius 2 is 1.94 bits per heavy atom. The Morgan fingerprint density at radius 1 is 1.19 bits per heavy atom. The van der Waals surface area contributed by atoms with E-state index in [0.717, 1.165) is 11.1 Å². The monoisotopic (exact) mass is 440 g/mol. The number of carbonyl (C=O) groups excluding carboxylic acids is 1. The van der Waals surface area contributed by atoms with E-state index in [-0.39, 0.29) is 34.5 Å². The number of fused-ring (bicyclic) bond motifs is 1. The van der Waals surface area contributed by atoms with Crippen LogP contribution in [0.3, 0.4) is 0 Å². The van der Waals surface area contributed by atoms with Crippen LogP contribution < -0.4 is 4.74 Å². The van der Waals surface area contributed by atoms with Gasteiger partial charge in [0.1, 0.15) is 10.9 Å². The molecule has 0 atom stereocenters. The molecule has 0 saturated heterocycles. The molecule has 0 radical (unpaired) electrons. The zero-order chi connectivity index (χ0) is 22.1. The average Bonchev–Trinajstić information content (AvgIpc) is 3.22. The standard InChI is InChI=1S/C22H18ClFN4O3/c1-4-30-21(29)14-10-25-28(11-14)22-26-17-9-16(24)18(8-15(17)20(23)27-22)31-19-12(2)6-5-7-13(19)3/h5-11H,4H2,1-3H3. The van der Waals surface area contributed by atoms with Crippen molar-refractivity contribution in [3.63, 3.8) is 0 Å². The number of aryl methyl sites for hydroxylation is 2. The quantitative estimate of drug-likeness (QED) is 0.314. The van der Waals surface area contributed by atoms with Crippen LogP contribution in [-0.4, -0.2) is 32.3 Å². The van der Waals surface area contributed by atoms with Gasteiger partial charge < -0.3 is 9.47 Å². The van der Waals surface area contributed by atoms with Gasteiger partial charge in [0.2, 0.25) is 0 Å². The molecular weight excluding hydrogens is 423 g/mol. The van der Waals surface area contributed by atoms with Gasteiger partial charge in [-0.3, -0.25) is 0 Å². The summed E-state index contributed by atoms with van der Waals surface area (Å²) in [5, 5.41) is 4.59. The second-order valence-electron chi connectivity index (χ2n) is 6.83. The number of carbonyl (C=O) groups is 1. The van der Waals surface area contributed by atoms with Gasteiger partial charge in [-0.15, -0.1) is 0 Å². The van der Waals surface area contributed by atoms with Gasteiger partial charge in [-0.25, -0.2) is 18.9 Å². The Bertz CT molecular complexity index is 1290. The highest BCUT2D eigenvalue weighted by molar-refractivity contribution is 6.34. The first-order valence-electron chi connectivity index (χ1n) is 9.50. The van der Waals surface area contributed by atoms with Gasteiger partial charge in [0, 0.05) is 17.6 Å². The number of ether oxygens (including phenoxy) is 2. The summed E-state index contributed by atoms with van der Waals surface area (Å²) < 4.78 is 26.9. The molecule has 0 unspecified atom stereocenters. The van der Waals surface area contributed by atoms with Crippen LogP contribution in [0.15, 0.2) is 42.7 Å². The van der Waals surface area contributed by atoms with Crippen molar-refractivity contribution in [3.05, 3.63) is 70.4 Å². The van der Waals surface area contributed by atoms with E-state index in [9.17, 15) is 9.18 Å². The lowest BCUT2D eigenvalue weighted by Gasteiger charge is -2.13. The molecule has 2 heterocycles. The van der Waals surface area contributed by atoms with Crippen molar-refractivity contribution in [2.24, 2.45) is 0 Å². The molecule has 0 bridgehead atoms. The van der Waals surface area contributed by atoms with E-state index < -0.39 is 11.8 Å². The number of benzene rings is 2. The van der Waals surface area contributed by atoms with Crippen molar-refractivity contribution in [1.29, 1.82) is 0 Å². The van der Waals surface area contributed by atoms with Gasteiger partial charge in [-0.2, -0.15) is 10.1 Å². The topological polar surface area (TPSA) is 79.1 Å². The van der Waals surface area contributed by atoms with Crippen LogP contribution in [0.2, 0.25) is 5.15 Å². The van der Waals surface area contributed by atoms with E-state index >= 15 is 0 Å². The lowest BCUT2D eigenvalue weighted by Crippen LogP contribution is -2.05. The Morgan fingerprint density at radius 3 is 2.65 bits per heavy atom. The summed E-state index contributed by atoms with van der Waals surface area (Å²) in [5.41, 5.74) is 2.28. The number of para-hydroxylation sites is 1. The van der Waals surface area contributed by atoms with Crippen LogP contribution in [0.25, 0.3) is 16.9 Å². The maximum absolute atomic E-state index is 14.8. The van der Waals surface area contributed by atoms with Crippen LogP contribution in [0.5, 0.6) is 11.5 Å². The fraction of sp³-hybridized carbons (Fsp3) is 0.182. The number of halogens is 2. The number of nitrogens with zero attached hydrogens (tertiary/aromatic N) is 4. The average molecular weight is 441 g/mol. The molecule has 0 aliphatic rings. The second-order valence-corrected chi connectivity index (χ2v) is 7.19. The maximum atomic E-state index is 14.8.